The molecule has 0 saturated heterocycles. The molecule has 3 aliphatic carbocycles. The maximum absolute atomic E-state index is 6.29. The summed E-state index contributed by atoms with van der Waals surface area (Å²) in [5.74, 6) is 1.25. The zero-order valence-electron chi connectivity index (χ0n) is 35.3. The third-order valence-electron chi connectivity index (χ3n) is 14.6. The van der Waals surface area contributed by atoms with Gasteiger partial charge in [-0.25, -0.2) is 0 Å². The highest BCUT2D eigenvalue weighted by molar-refractivity contribution is 6.09. The minimum absolute atomic E-state index is 0.254. The molecule has 0 radical (unpaired) electrons. The van der Waals surface area contributed by atoms with E-state index < -0.39 is 0 Å². The Morgan fingerprint density at radius 3 is 1.76 bits per heavy atom. The number of allylic oxidation sites excluding steroid dienone is 1. The summed E-state index contributed by atoms with van der Waals surface area (Å²) in [7, 11) is 0. The molecule has 0 spiro atoms. The van der Waals surface area contributed by atoms with Gasteiger partial charge in [-0.15, -0.1) is 0 Å². The van der Waals surface area contributed by atoms with Gasteiger partial charge in [0, 0.05) is 38.5 Å². The van der Waals surface area contributed by atoms with E-state index in [1.807, 2.05) is 6.07 Å². The van der Waals surface area contributed by atoms with Gasteiger partial charge in [0.2, 0.25) is 0 Å². The molecule has 0 N–H and O–H groups in total. The fourth-order valence-corrected chi connectivity index (χ4v) is 11.7. The van der Waals surface area contributed by atoms with Crippen LogP contribution in [-0.2, 0) is 17.3 Å². The van der Waals surface area contributed by atoms with Gasteiger partial charge in [0.1, 0.15) is 22.5 Å². The lowest BCUT2D eigenvalue weighted by Crippen LogP contribution is -2.20. The minimum atomic E-state index is -0.301. The highest BCUT2D eigenvalue weighted by atomic mass is 16.3. The van der Waals surface area contributed by atoms with Crippen LogP contribution < -0.4 is 0 Å². The number of para-hydroxylation sites is 2. The normalized spacial score (nSPS) is 16.4. The van der Waals surface area contributed by atoms with Crippen LogP contribution in [0.5, 0.6) is 0 Å². The first-order valence-corrected chi connectivity index (χ1v) is 22.0. The van der Waals surface area contributed by atoms with E-state index in [9.17, 15) is 0 Å². The molecular weight excluding hydrogens is 753 g/mol. The molecular formula is C60H44O2. The average Bonchev–Trinajstić information content (AvgIpc) is 4.00. The van der Waals surface area contributed by atoms with Crippen molar-refractivity contribution in [2.75, 3.05) is 0 Å². The topological polar surface area (TPSA) is 26.3 Å². The van der Waals surface area contributed by atoms with Crippen molar-refractivity contribution in [3.05, 3.63) is 209 Å². The van der Waals surface area contributed by atoms with Crippen LogP contribution in [0.1, 0.15) is 72.8 Å². The quantitative estimate of drug-likeness (QED) is 0.177. The van der Waals surface area contributed by atoms with Gasteiger partial charge in [-0.2, -0.15) is 0 Å². The molecule has 296 valence electrons. The van der Waals surface area contributed by atoms with Gasteiger partial charge in [0.15, 0.2) is 0 Å². The summed E-state index contributed by atoms with van der Waals surface area (Å²) in [6.45, 7) is 9.86. The molecule has 0 amide bonds. The highest BCUT2D eigenvalue weighted by Crippen LogP contribution is 2.65. The third kappa shape index (κ3) is 4.87. The van der Waals surface area contributed by atoms with Crippen molar-refractivity contribution in [3.63, 3.8) is 0 Å². The molecule has 0 aliphatic heterocycles. The van der Waals surface area contributed by atoms with Crippen molar-refractivity contribution in [2.45, 2.75) is 50.9 Å². The van der Waals surface area contributed by atoms with Crippen molar-refractivity contribution < 1.29 is 8.83 Å². The molecule has 1 atom stereocenters. The van der Waals surface area contributed by atoms with Crippen LogP contribution in [0, 0.1) is 0 Å². The van der Waals surface area contributed by atoms with Gasteiger partial charge in [-0.1, -0.05) is 167 Å². The van der Waals surface area contributed by atoms with Crippen molar-refractivity contribution in [1.82, 2.24) is 0 Å². The summed E-state index contributed by atoms with van der Waals surface area (Å²) in [5, 5.41) is 3.53. The van der Waals surface area contributed by atoms with E-state index in [1.165, 1.54) is 94.4 Å². The molecule has 2 aromatic heterocycles. The first-order valence-electron chi connectivity index (χ1n) is 22.0. The molecule has 1 unspecified atom stereocenters. The van der Waals surface area contributed by atoms with E-state index >= 15 is 0 Å². The monoisotopic (exact) mass is 796 g/mol. The van der Waals surface area contributed by atoms with Crippen molar-refractivity contribution in [3.8, 4) is 55.6 Å². The first kappa shape index (κ1) is 35.6. The molecule has 2 heterocycles. The number of fused-ring (bicyclic) bond motifs is 13. The van der Waals surface area contributed by atoms with Crippen molar-refractivity contribution >= 4 is 39.0 Å². The molecule has 2 heteroatoms. The predicted octanol–water partition coefficient (Wildman–Crippen LogP) is 16.3. The fraction of sp³-hybridized carbons (Fsp3) is 0.133. The Morgan fingerprint density at radius 2 is 1.00 bits per heavy atom. The Balaban J connectivity index is 1.05. The third-order valence-corrected chi connectivity index (χ3v) is 14.6. The van der Waals surface area contributed by atoms with E-state index in [0.29, 0.717) is 0 Å². The Morgan fingerprint density at radius 1 is 0.435 bits per heavy atom. The molecule has 0 bridgehead atoms. The molecule has 0 saturated carbocycles. The van der Waals surface area contributed by atoms with Crippen LogP contribution in [0.25, 0.3) is 94.6 Å². The van der Waals surface area contributed by atoms with Crippen molar-refractivity contribution in [1.29, 1.82) is 0 Å². The Labute approximate surface area is 361 Å². The van der Waals surface area contributed by atoms with Crippen LogP contribution in [0.4, 0.5) is 0 Å². The van der Waals surface area contributed by atoms with Crippen LogP contribution in [0.15, 0.2) is 179 Å². The van der Waals surface area contributed by atoms with Gasteiger partial charge >= 0.3 is 0 Å². The maximum atomic E-state index is 6.29. The lowest BCUT2D eigenvalue weighted by Gasteiger charge is -2.31. The summed E-state index contributed by atoms with van der Waals surface area (Å²) in [4.78, 5) is 0. The molecule has 3 aliphatic rings. The summed E-state index contributed by atoms with van der Waals surface area (Å²) in [6.07, 6.45) is 5.47. The van der Waals surface area contributed by atoms with Gasteiger partial charge < -0.3 is 8.83 Å². The largest absolute Gasteiger partial charge is 0.456 e. The van der Waals surface area contributed by atoms with Crippen LogP contribution in [0.3, 0.4) is 0 Å². The molecule has 0 fully saturated rings. The molecule has 62 heavy (non-hydrogen) atoms. The number of benzene rings is 8. The summed E-state index contributed by atoms with van der Waals surface area (Å²) >= 11 is 0. The van der Waals surface area contributed by atoms with Crippen molar-refractivity contribution in [2.24, 2.45) is 0 Å². The lowest BCUT2D eigenvalue weighted by molar-refractivity contribution is 0.591. The summed E-state index contributed by atoms with van der Waals surface area (Å²) in [5.41, 5.74) is 23.5. The van der Waals surface area contributed by atoms with Gasteiger partial charge in [-0.05, 0) is 126 Å². The van der Waals surface area contributed by atoms with E-state index in [-0.39, 0.29) is 16.7 Å². The van der Waals surface area contributed by atoms with Crippen LogP contribution in [0.2, 0.25) is 0 Å². The SMILES string of the molecule is CC1(C)c2cc(-c3ccc4oc5ccccc5c4c3)ccc2-c2c1c(-c1ccccc1)c(-c1ccccc1)c1c2C(C)(C)c2cc(C3C=Cc4oc5ccccc5c4C3)ccc2-1. The molecule has 13 rings (SSSR count). The Hall–Kier alpha value is -7.16. The number of hydrogen-bond donors (Lipinski definition) is 0. The minimum Gasteiger partial charge on any atom is -0.456 e. The average molecular weight is 797 g/mol. The lowest BCUT2D eigenvalue weighted by atomic mass is 9.71. The molecule has 8 aromatic carbocycles. The highest BCUT2D eigenvalue weighted by Gasteiger charge is 2.48. The summed E-state index contributed by atoms with van der Waals surface area (Å²) in [6, 6.07) is 60.5. The zero-order chi connectivity index (χ0) is 41.5. The number of furan rings is 2. The van der Waals surface area contributed by atoms with Gasteiger partial charge in [0.05, 0.1) is 0 Å². The maximum Gasteiger partial charge on any atom is 0.135 e. The summed E-state index contributed by atoms with van der Waals surface area (Å²) < 4.78 is 12.5. The smallest absolute Gasteiger partial charge is 0.135 e. The predicted molar refractivity (Wildman–Crippen MR) is 257 cm³/mol. The Kier molecular flexibility index (Phi) is 7.28. The standard InChI is InChI=1S/C60H44O2/c1-59(2)48-34-40(38-26-30-52-46(32-38)42-20-12-14-22-50(42)62-52)24-28-44(48)56-57(59)54(36-17-9-6-10-18-36)53(35-15-7-5-8-16-35)55-43-27-23-39(33-47(43)60(3,4)58(55)56)37-25-29-51-45(31-37)41-19-11-13-21-49(41)61-51/h5-30,32-34,37H,31H2,1-4H3. The number of hydrogen-bond acceptors (Lipinski definition) is 2. The zero-order valence-corrected chi connectivity index (χ0v) is 35.3. The fourth-order valence-electron chi connectivity index (χ4n) is 11.7. The Bertz CT molecular complexity index is 3540. The molecule has 2 nitrogen and oxygen atoms in total. The van der Waals surface area contributed by atoms with E-state index in [0.717, 1.165) is 39.7 Å². The second-order valence-corrected chi connectivity index (χ2v) is 18.7. The van der Waals surface area contributed by atoms with Gasteiger partial charge in [0.25, 0.3) is 0 Å². The van der Waals surface area contributed by atoms with Crippen LogP contribution >= 0.6 is 0 Å². The second-order valence-electron chi connectivity index (χ2n) is 18.7. The first-order chi connectivity index (χ1) is 30.3. The number of rotatable bonds is 4. The van der Waals surface area contributed by atoms with E-state index in [1.54, 1.807) is 0 Å². The molecule has 10 aromatic rings. The second kappa shape index (κ2) is 12.7. The van der Waals surface area contributed by atoms with E-state index in [4.69, 9.17) is 8.83 Å². The van der Waals surface area contributed by atoms with Gasteiger partial charge in [-0.3, -0.25) is 0 Å². The van der Waals surface area contributed by atoms with Crippen LogP contribution in [-0.4, -0.2) is 0 Å². The van der Waals surface area contributed by atoms with E-state index in [2.05, 4.69) is 198 Å².